The summed E-state index contributed by atoms with van der Waals surface area (Å²) in [6, 6.07) is 13.2. The Morgan fingerprint density at radius 3 is 2.61 bits per heavy atom. The molecule has 1 heterocycles. The van der Waals surface area contributed by atoms with Crippen LogP contribution in [-0.4, -0.2) is 19.3 Å². The monoisotopic (exact) mass is 486 g/mol. The van der Waals surface area contributed by atoms with Crippen molar-refractivity contribution >= 4 is 38.5 Å². The minimum Gasteiger partial charge on any atom is -0.487 e. The molecule has 1 atom stereocenters. The Morgan fingerprint density at radius 2 is 1.96 bits per heavy atom. The molecule has 0 aliphatic carbocycles. The molecule has 0 radical (unpaired) electrons. The highest BCUT2D eigenvalue weighted by atomic mass is 127. The zero-order valence-electron chi connectivity index (χ0n) is 13.1. The molecule has 0 amide bonds. The Balaban J connectivity index is 1.75. The third kappa shape index (κ3) is 4.48. The molecular weight excluding hydrogens is 467 g/mol. The van der Waals surface area contributed by atoms with E-state index in [0.29, 0.717) is 6.61 Å². The van der Waals surface area contributed by atoms with Gasteiger partial charge in [-0.2, -0.15) is 0 Å². The lowest BCUT2D eigenvalue weighted by Gasteiger charge is -2.15. The van der Waals surface area contributed by atoms with Gasteiger partial charge in [-0.05, 0) is 64.3 Å². The fourth-order valence-corrected chi connectivity index (χ4v) is 3.81. The average molecular weight is 487 g/mol. The predicted molar refractivity (Wildman–Crippen MR) is 105 cm³/mol. The van der Waals surface area contributed by atoms with Crippen LogP contribution in [0.2, 0.25) is 0 Å². The molecule has 1 aliphatic heterocycles. The Kier molecular flexibility index (Phi) is 5.99. The molecule has 0 spiro atoms. The normalized spacial score (nSPS) is 17.4. The van der Waals surface area contributed by atoms with E-state index in [1.54, 1.807) is 0 Å². The molecule has 0 saturated carbocycles. The molecule has 1 saturated heterocycles. The average Bonchev–Trinajstić information content (AvgIpc) is 3.06. The van der Waals surface area contributed by atoms with Crippen LogP contribution in [0.5, 0.6) is 5.75 Å². The molecule has 23 heavy (non-hydrogen) atoms. The minimum atomic E-state index is 0.183. The van der Waals surface area contributed by atoms with Gasteiger partial charge in [0.1, 0.15) is 11.9 Å². The van der Waals surface area contributed by atoms with E-state index in [0.717, 1.165) is 39.7 Å². The van der Waals surface area contributed by atoms with Gasteiger partial charge >= 0.3 is 0 Å². The van der Waals surface area contributed by atoms with Crippen LogP contribution in [-0.2, 0) is 17.6 Å². The summed E-state index contributed by atoms with van der Waals surface area (Å²) in [5, 5.41) is 0. The van der Waals surface area contributed by atoms with Crippen LogP contribution in [0.15, 0.2) is 40.9 Å². The van der Waals surface area contributed by atoms with Gasteiger partial charge in [0.15, 0.2) is 0 Å². The Bertz CT molecular complexity index is 664. The van der Waals surface area contributed by atoms with Crippen LogP contribution in [0.1, 0.15) is 30.0 Å². The Labute approximate surface area is 159 Å². The molecule has 122 valence electrons. The maximum absolute atomic E-state index is 6.06. The molecule has 0 N–H and O–H groups in total. The number of benzene rings is 2. The van der Waals surface area contributed by atoms with Gasteiger partial charge in [-0.3, -0.25) is 0 Å². The van der Waals surface area contributed by atoms with E-state index in [9.17, 15) is 0 Å². The smallest absolute Gasteiger partial charge is 0.134 e. The lowest BCUT2D eigenvalue weighted by molar-refractivity contribution is 0.140. The lowest BCUT2D eigenvalue weighted by Crippen LogP contribution is -2.16. The van der Waals surface area contributed by atoms with E-state index in [1.807, 2.05) is 0 Å². The first-order valence-electron chi connectivity index (χ1n) is 7.96. The number of halogens is 2. The zero-order chi connectivity index (χ0) is 16.2. The molecule has 0 aromatic heterocycles. The van der Waals surface area contributed by atoms with E-state index < -0.39 is 0 Å². The Hall–Kier alpha value is -0.590. The maximum atomic E-state index is 6.06. The van der Waals surface area contributed by atoms with E-state index in [1.165, 1.54) is 16.7 Å². The SMILES string of the molecule is CCc1ccc(Cc2cc(I)c(OC3CCOC3)cc2Br)cc1. The summed E-state index contributed by atoms with van der Waals surface area (Å²) in [5.74, 6) is 0.943. The first-order valence-corrected chi connectivity index (χ1v) is 9.83. The predicted octanol–water partition coefficient (Wildman–Crippen LogP) is 5.37. The van der Waals surface area contributed by atoms with Gasteiger partial charge in [0.05, 0.1) is 16.8 Å². The van der Waals surface area contributed by atoms with Crippen molar-refractivity contribution in [1.29, 1.82) is 0 Å². The van der Waals surface area contributed by atoms with Gasteiger partial charge in [-0.25, -0.2) is 0 Å². The van der Waals surface area contributed by atoms with Crippen LogP contribution in [0.3, 0.4) is 0 Å². The highest BCUT2D eigenvalue weighted by Crippen LogP contribution is 2.31. The third-order valence-electron chi connectivity index (χ3n) is 4.11. The molecule has 4 heteroatoms. The van der Waals surface area contributed by atoms with Crippen LogP contribution in [0.4, 0.5) is 0 Å². The highest BCUT2D eigenvalue weighted by molar-refractivity contribution is 14.1. The van der Waals surface area contributed by atoms with Crippen molar-refractivity contribution in [1.82, 2.24) is 0 Å². The van der Waals surface area contributed by atoms with Crippen molar-refractivity contribution in [2.75, 3.05) is 13.2 Å². The van der Waals surface area contributed by atoms with Gasteiger partial charge in [-0.15, -0.1) is 0 Å². The minimum absolute atomic E-state index is 0.183. The second-order valence-corrected chi connectivity index (χ2v) is 7.84. The van der Waals surface area contributed by atoms with Gasteiger partial charge < -0.3 is 9.47 Å². The summed E-state index contributed by atoms with van der Waals surface area (Å²) in [6.07, 6.45) is 3.16. The van der Waals surface area contributed by atoms with Crippen LogP contribution < -0.4 is 4.74 Å². The number of ether oxygens (including phenoxy) is 2. The zero-order valence-corrected chi connectivity index (χ0v) is 16.9. The van der Waals surface area contributed by atoms with E-state index in [2.05, 4.69) is 81.8 Å². The first kappa shape index (κ1) is 17.2. The van der Waals surface area contributed by atoms with Crippen molar-refractivity contribution in [3.8, 4) is 5.75 Å². The molecule has 3 rings (SSSR count). The standard InChI is InChI=1S/C19H20BrIO2/c1-2-13-3-5-14(6-4-13)9-15-10-18(21)19(11-17(15)20)23-16-7-8-22-12-16/h3-6,10-11,16H,2,7-9,12H2,1H3. The summed E-state index contributed by atoms with van der Waals surface area (Å²) in [4.78, 5) is 0. The fraction of sp³-hybridized carbons (Fsp3) is 0.368. The van der Waals surface area contributed by atoms with Crippen molar-refractivity contribution < 1.29 is 9.47 Å². The van der Waals surface area contributed by atoms with E-state index in [-0.39, 0.29) is 6.10 Å². The summed E-state index contributed by atoms with van der Waals surface area (Å²) in [7, 11) is 0. The number of rotatable bonds is 5. The molecule has 2 aromatic rings. The van der Waals surface area contributed by atoms with Gasteiger partial charge in [0.25, 0.3) is 0 Å². The van der Waals surface area contributed by atoms with Crippen LogP contribution in [0.25, 0.3) is 0 Å². The van der Waals surface area contributed by atoms with Crippen LogP contribution in [0, 0.1) is 3.57 Å². The summed E-state index contributed by atoms with van der Waals surface area (Å²) in [6.45, 7) is 3.68. The van der Waals surface area contributed by atoms with Crippen LogP contribution >= 0.6 is 38.5 Å². The number of aryl methyl sites for hydroxylation is 1. The maximum Gasteiger partial charge on any atom is 0.134 e. The molecule has 2 aromatic carbocycles. The second kappa shape index (κ2) is 7.99. The molecule has 1 aliphatic rings. The molecule has 0 bridgehead atoms. The number of hydrogen-bond acceptors (Lipinski definition) is 2. The summed E-state index contributed by atoms with van der Waals surface area (Å²) < 4.78 is 13.7. The van der Waals surface area contributed by atoms with Crippen molar-refractivity contribution in [2.45, 2.75) is 32.3 Å². The van der Waals surface area contributed by atoms with Gasteiger partial charge in [0, 0.05) is 10.9 Å². The summed E-state index contributed by atoms with van der Waals surface area (Å²) >= 11 is 6.06. The van der Waals surface area contributed by atoms with Crippen molar-refractivity contribution in [3.63, 3.8) is 0 Å². The Morgan fingerprint density at radius 1 is 1.22 bits per heavy atom. The van der Waals surface area contributed by atoms with Crippen molar-refractivity contribution in [2.24, 2.45) is 0 Å². The molecule has 1 fully saturated rings. The van der Waals surface area contributed by atoms with E-state index in [4.69, 9.17) is 9.47 Å². The molecular formula is C19H20BrIO2. The quantitative estimate of drug-likeness (QED) is 0.528. The lowest BCUT2D eigenvalue weighted by atomic mass is 10.0. The molecule has 1 unspecified atom stereocenters. The number of hydrogen-bond donors (Lipinski definition) is 0. The fourth-order valence-electron chi connectivity index (χ4n) is 2.69. The van der Waals surface area contributed by atoms with Gasteiger partial charge in [0.2, 0.25) is 0 Å². The first-order chi connectivity index (χ1) is 11.2. The largest absolute Gasteiger partial charge is 0.487 e. The van der Waals surface area contributed by atoms with E-state index >= 15 is 0 Å². The van der Waals surface area contributed by atoms with Crippen molar-refractivity contribution in [3.05, 3.63) is 61.1 Å². The third-order valence-corrected chi connectivity index (χ3v) is 5.69. The highest BCUT2D eigenvalue weighted by Gasteiger charge is 2.19. The summed E-state index contributed by atoms with van der Waals surface area (Å²) in [5.41, 5.74) is 4.00. The van der Waals surface area contributed by atoms with Gasteiger partial charge in [-0.1, -0.05) is 47.1 Å². The topological polar surface area (TPSA) is 18.5 Å². The second-order valence-electron chi connectivity index (χ2n) is 5.82. The molecule has 2 nitrogen and oxygen atoms in total.